The van der Waals surface area contributed by atoms with E-state index in [2.05, 4.69) is 54.7 Å². The monoisotopic (exact) mass is 390 g/mol. The van der Waals surface area contributed by atoms with Gasteiger partial charge in [0.2, 0.25) is 0 Å². The van der Waals surface area contributed by atoms with Crippen LogP contribution in [0.5, 0.6) is 0 Å². The van der Waals surface area contributed by atoms with Gasteiger partial charge >= 0.3 is 0 Å². The van der Waals surface area contributed by atoms with Crippen LogP contribution in [0.1, 0.15) is 39.0 Å². The Hall–Kier alpha value is 1.40. The second kappa shape index (κ2) is 5.65. The molecule has 1 saturated carbocycles. The second-order valence-corrected chi connectivity index (χ2v) is 9.25. The van der Waals surface area contributed by atoms with Crippen molar-refractivity contribution in [3.8, 4) is 0 Å². The molecule has 0 aliphatic heterocycles. The molecule has 1 atom stereocenters. The Morgan fingerprint density at radius 2 is 1.79 bits per heavy atom. The quantitative estimate of drug-likeness (QED) is 0.454. The summed E-state index contributed by atoms with van der Waals surface area (Å²) < 4.78 is 5.82. The molecule has 0 saturated heterocycles. The Kier molecular flexibility index (Phi) is 5.43. The van der Waals surface area contributed by atoms with Gasteiger partial charge in [-0.15, -0.1) is 0 Å². The molecular formula is C10H17Br3O. The van der Waals surface area contributed by atoms with Gasteiger partial charge in [0.05, 0.1) is 14.2 Å². The highest BCUT2D eigenvalue weighted by Crippen LogP contribution is 2.64. The van der Waals surface area contributed by atoms with Crippen molar-refractivity contribution >= 4 is 47.8 Å². The lowest BCUT2D eigenvalue weighted by atomic mass is 10.2. The molecule has 1 unspecified atom stereocenters. The summed E-state index contributed by atoms with van der Waals surface area (Å²) in [6.07, 6.45) is 6.17. The highest BCUT2D eigenvalue weighted by atomic mass is 79.9. The average Bonchev–Trinajstić information content (AvgIpc) is 2.59. The maximum atomic E-state index is 5.64. The van der Waals surface area contributed by atoms with Crippen LogP contribution in [-0.4, -0.2) is 20.8 Å². The molecule has 0 spiro atoms. The standard InChI is InChI=1S/C10H17Br3O/c1-2-3-4-5-6-14-8-9(11)7-10(9,12)13/h2-8H2,1H3. The lowest BCUT2D eigenvalue weighted by molar-refractivity contribution is 0.128. The van der Waals surface area contributed by atoms with Gasteiger partial charge in [-0.05, 0) is 12.8 Å². The first-order valence-electron chi connectivity index (χ1n) is 5.16. The molecule has 1 aliphatic carbocycles. The van der Waals surface area contributed by atoms with Crippen molar-refractivity contribution in [3.05, 3.63) is 0 Å². The Bertz CT molecular complexity index is 184. The molecule has 0 aromatic heterocycles. The minimum absolute atomic E-state index is 0.0659. The molecule has 4 heteroatoms. The van der Waals surface area contributed by atoms with Crippen LogP contribution in [0, 0.1) is 0 Å². The molecule has 0 radical (unpaired) electrons. The number of hydrogen-bond donors (Lipinski definition) is 0. The molecule has 1 fully saturated rings. The van der Waals surface area contributed by atoms with Gasteiger partial charge in [-0.1, -0.05) is 74.0 Å². The van der Waals surface area contributed by atoms with E-state index < -0.39 is 0 Å². The van der Waals surface area contributed by atoms with Crippen LogP contribution >= 0.6 is 47.8 Å². The predicted octanol–water partition coefficient (Wildman–Crippen LogP) is 4.61. The zero-order valence-electron chi connectivity index (χ0n) is 8.49. The number of ether oxygens (including phenoxy) is 1. The molecule has 0 heterocycles. The second-order valence-electron chi connectivity index (χ2n) is 3.96. The third-order valence-electron chi connectivity index (χ3n) is 2.51. The van der Waals surface area contributed by atoms with E-state index in [1.54, 1.807) is 0 Å². The number of unbranched alkanes of at least 4 members (excludes halogenated alkanes) is 3. The Balaban J connectivity index is 1.95. The highest BCUT2D eigenvalue weighted by molar-refractivity contribution is 9.26. The van der Waals surface area contributed by atoms with E-state index >= 15 is 0 Å². The first-order chi connectivity index (χ1) is 6.52. The van der Waals surface area contributed by atoms with Crippen LogP contribution in [0.3, 0.4) is 0 Å². The van der Waals surface area contributed by atoms with Gasteiger partial charge in [0.1, 0.15) is 0 Å². The molecule has 14 heavy (non-hydrogen) atoms. The topological polar surface area (TPSA) is 9.23 Å². The van der Waals surface area contributed by atoms with Gasteiger partial charge in [0, 0.05) is 6.61 Å². The fraction of sp³-hybridized carbons (Fsp3) is 1.00. The lowest BCUT2D eigenvalue weighted by Gasteiger charge is -2.10. The third-order valence-corrected chi connectivity index (χ3v) is 6.83. The zero-order chi connectivity index (χ0) is 10.7. The number of rotatable bonds is 7. The largest absolute Gasteiger partial charge is 0.380 e. The fourth-order valence-corrected chi connectivity index (χ4v) is 3.85. The van der Waals surface area contributed by atoms with E-state index in [9.17, 15) is 0 Å². The summed E-state index contributed by atoms with van der Waals surface area (Å²) in [5.41, 5.74) is 0. The maximum Gasteiger partial charge on any atom is 0.0995 e. The molecule has 1 aliphatic rings. The first-order valence-corrected chi connectivity index (χ1v) is 7.54. The minimum atomic E-state index is 0.0659. The van der Waals surface area contributed by atoms with Crippen molar-refractivity contribution in [3.63, 3.8) is 0 Å². The van der Waals surface area contributed by atoms with Crippen LogP contribution in [0.25, 0.3) is 0 Å². The van der Waals surface area contributed by atoms with E-state index in [4.69, 9.17) is 4.74 Å². The van der Waals surface area contributed by atoms with E-state index in [0.29, 0.717) is 0 Å². The van der Waals surface area contributed by atoms with Crippen molar-refractivity contribution in [1.82, 2.24) is 0 Å². The molecule has 0 aromatic carbocycles. The minimum Gasteiger partial charge on any atom is -0.380 e. The average molecular weight is 393 g/mol. The normalized spacial score (nSPS) is 29.1. The van der Waals surface area contributed by atoms with Crippen LogP contribution < -0.4 is 0 Å². The van der Waals surface area contributed by atoms with Crippen LogP contribution in [0.4, 0.5) is 0 Å². The zero-order valence-corrected chi connectivity index (χ0v) is 13.2. The fourth-order valence-electron chi connectivity index (χ4n) is 1.33. The molecule has 0 N–H and O–H groups in total. The number of halogens is 3. The summed E-state index contributed by atoms with van der Waals surface area (Å²) in [5, 5.41) is 0. The molecule has 0 bridgehead atoms. The lowest BCUT2D eigenvalue weighted by Crippen LogP contribution is -2.16. The van der Waals surface area contributed by atoms with Crippen molar-refractivity contribution in [1.29, 1.82) is 0 Å². The highest BCUT2D eigenvalue weighted by Gasteiger charge is 2.63. The Labute approximate surface area is 112 Å². The van der Waals surface area contributed by atoms with Gasteiger partial charge < -0.3 is 4.74 Å². The van der Waals surface area contributed by atoms with Crippen LogP contribution in [0.2, 0.25) is 0 Å². The van der Waals surface area contributed by atoms with Gasteiger partial charge in [0.15, 0.2) is 0 Å². The summed E-state index contributed by atoms with van der Waals surface area (Å²) >= 11 is 10.9. The van der Waals surface area contributed by atoms with Gasteiger partial charge in [-0.3, -0.25) is 0 Å². The smallest absolute Gasteiger partial charge is 0.0995 e. The van der Waals surface area contributed by atoms with Crippen molar-refractivity contribution < 1.29 is 4.74 Å². The van der Waals surface area contributed by atoms with Crippen molar-refractivity contribution in [2.24, 2.45) is 0 Å². The molecule has 0 amide bonds. The van der Waals surface area contributed by atoms with Crippen molar-refractivity contribution in [2.45, 2.75) is 46.6 Å². The van der Waals surface area contributed by atoms with Gasteiger partial charge in [0.25, 0.3) is 0 Å². The van der Waals surface area contributed by atoms with E-state index in [1.807, 2.05) is 0 Å². The Morgan fingerprint density at radius 1 is 1.14 bits per heavy atom. The summed E-state index contributed by atoms with van der Waals surface area (Å²) in [6.45, 7) is 3.90. The molecule has 1 rings (SSSR count). The van der Waals surface area contributed by atoms with E-state index in [0.717, 1.165) is 19.6 Å². The van der Waals surface area contributed by atoms with Gasteiger partial charge in [-0.2, -0.15) is 0 Å². The summed E-state index contributed by atoms with van der Waals surface area (Å²) in [7, 11) is 0. The number of alkyl halides is 3. The molecule has 1 nitrogen and oxygen atoms in total. The van der Waals surface area contributed by atoms with Crippen LogP contribution in [-0.2, 0) is 4.74 Å². The molecule has 0 aromatic rings. The van der Waals surface area contributed by atoms with E-state index in [-0.39, 0.29) is 7.56 Å². The third kappa shape index (κ3) is 3.76. The molecular weight excluding hydrogens is 376 g/mol. The van der Waals surface area contributed by atoms with Crippen molar-refractivity contribution in [2.75, 3.05) is 13.2 Å². The van der Waals surface area contributed by atoms with Crippen LogP contribution in [0.15, 0.2) is 0 Å². The summed E-state index contributed by atoms with van der Waals surface area (Å²) in [4.78, 5) is 0. The predicted molar refractivity (Wildman–Crippen MR) is 71.8 cm³/mol. The Morgan fingerprint density at radius 3 is 2.29 bits per heavy atom. The maximum absolute atomic E-state index is 5.64. The van der Waals surface area contributed by atoms with E-state index in [1.165, 1.54) is 25.7 Å². The SMILES string of the molecule is CCCCCCOCC1(Br)CC1(Br)Br. The first kappa shape index (κ1) is 13.5. The summed E-state index contributed by atoms with van der Waals surface area (Å²) in [5.74, 6) is 0. The molecule has 84 valence electrons. The van der Waals surface area contributed by atoms with Gasteiger partial charge in [-0.25, -0.2) is 0 Å². The number of hydrogen-bond acceptors (Lipinski definition) is 1. The summed E-state index contributed by atoms with van der Waals surface area (Å²) in [6, 6.07) is 0.